The van der Waals surface area contributed by atoms with Gasteiger partial charge in [-0.1, -0.05) is 30.3 Å². The predicted molar refractivity (Wildman–Crippen MR) is 90.4 cm³/mol. The van der Waals surface area contributed by atoms with Crippen LogP contribution < -0.4 is 5.32 Å². The molecule has 1 saturated heterocycles. The van der Waals surface area contributed by atoms with Crippen molar-refractivity contribution in [2.24, 2.45) is 0 Å². The molecule has 1 aromatic heterocycles. The first-order valence-corrected chi connectivity index (χ1v) is 8.23. The van der Waals surface area contributed by atoms with Crippen molar-refractivity contribution in [1.29, 1.82) is 0 Å². The molecule has 2 aromatic rings. The van der Waals surface area contributed by atoms with E-state index in [9.17, 15) is 9.90 Å². The zero-order valence-electron chi connectivity index (χ0n) is 13.6. The first-order chi connectivity index (χ1) is 11.7. The van der Waals surface area contributed by atoms with E-state index in [1.807, 2.05) is 35.2 Å². The minimum absolute atomic E-state index is 0.0370. The molecule has 1 aromatic carbocycles. The number of amides is 2. The monoisotopic (exact) mass is 329 g/mol. The number of carbonyl (C=O) groups excluding carboxylic acids is 1. The van der Waals surface area contributed by atoms with E-state index in [0.717, 1.165) is 18.7 Å². The fraction of sp³-hybridized carbons (Fsp3) is 0.389. The lowest BCUT2D eigenvalue weighted by Gasteiger charge is -2.35. The largest absolute Gasteiger partial charge is 0.467 e. The highest BCUT2D eigenvalue weighted by atomic mass is 16.4. The van der Waals surface area contributed by atoms with Gasteiger partial charge in [0.2, 0.25) is 0 Å². The predicted octanol–water partition coefficient (Wildman–Crippen LogP) is 1.84. The van der Waals surface area contributed by atoms with Crippen LogP contribution in [0.5, 0.6) is 0 Å². The molecular weight excluding hydrogens is 306 g/mol. The van der Waals surface area contributed by atoms with Crippen LogP contribution in [0.25, 0.3) is 0 Å². The maximum Gasteiger partial charge on any atom is 0.317 e. The Hall–Kier alpha value is -2.31. The van der Waals surface area contributed by atoms with Gasteiger partial charge in [-0.2, -0.15) is 0 Å². The number of carbonyl (C=O) groups is 1. The van der Waals surface area contributed by atoms with Crippen LogP contribution in [0.1, 0.15) is 17.4 Å². The van der Waals surface area contributed by atoms with Crippen molar-refractivity contribution in [3.63, 3.8) is 0 Å². The van der Waals surface area contributed by atoms with Crippen LogP contribution in [-0.4, -0.2) is 53.7 Å². The van der Waals surface area contributed by atoms with Crippen LogP contribution in [0.3, 0.4) is 0 Å². The molecular formula is C18H23N3O3. The third-order valence-corrected chi connectivity index (χ3v) is 4.25. The number of nitrogens with one attached hydrogen (secondary N) is 1. The molecule has 128 valence electrons. The van der Waals surface area contributed by atoms with Gasteiger partial charge in [-0.25, -0.2) is 4.79 Å². The summed E-state index contributed by atoms with van der Waals surface area (Å²) < 4.78 is 5.22. The van der Waals surface area contributed by atoms with Crippen LogP contribution >= 0.6 is 0 Å². The van der Waals surface area contributed by atoms with E-state index in [0.29, 0.717) is 31.9 Å². The number of nitrogens with zero attached hydrogens (tertiary/aromatic N) is 2. The summed E-state index contributed by atoms with van der Waals surface area (Å²) in [5.74, 6) is 0.582. The SMILES string of the molecule is O=C(NCc1ccccc1)N1CCN(C[C@@H](O)c2ccco2)CC1. The number of piperazine rings is 1. The van der Waals surface area contributed by atoms with Crippen molar-refractivity contribution in [2.45, 2.75) is 12.6 Å². The van der Waals surface area contributed by atoms with Crippen molar-refractivity contribution in [1.82, 2.24) is 15.1 Å². The Bertz CT molecular complexity index is 622. The van der Waals surface area contributed by atoms with E-state index >= 15 is 0 Å². The first kappa shape index (κ1) is 16.5. The van der Waals surface area contributed by atoms with Gasteiger partial charge < -0.3 is 19.7 Å². The molecule has 0 radical (unpaired) electrons. The Labute approximate surface area is 141 Å². The Morgan fingerprint density at radius 2 is 1.88 bits per heavy atom. The molecule has 0 saturated carbocycles. The molecule has 1 aliphatic rings. The molecule has 2 heterocycles. The molecule has 2 N–H and O–H groups in total. The second-order valence-corrected chi connectivity index (χ2v) is 5.96. The highest BCUT2D eigenvalue weighted by molar-refractivity contribution is 5.74. The first-order valence-electron chi connectivity index (χ1n) is 8.23. The van der Waals surface area contributed by atoms with Gasteiger partial charge in [0, 0.05) is 39.3 Å². The Morgan fingerprint density at radius 1 is 1.12 bits per heavy atom. The summed E-state index contributed by atoms with van der Waals surface area (Å²) in [4.78, 5) is 16.2. The van der Waals surface area contributed by atoms with Crippen molar-refractivity contribution < 1.29 is 14.3 Å². The number of urea groups is 1. The number of furan rings is 1. The van der Waals surface area contributed by atoms with E-state index in [1.54, 1.807) is 18.4 Å². The van der Waals surface area contributed by atoms with E-state index in [1.165, 1.54) is 0 Å². The van der Waals surface area contributed by atoms with Crippen molar-refractivity contribution >= 4 is 6.03 Å². The molecule has 1 aliphatic heterocycles. The lowest BCUT2D eigenvalue weighted by molar-refractivity contribution is 0.0691. The number of benzene rings is 1. The summed E-state index contributed by atoms with van der Waals surface area (Å²) in [6.07, 6.45) is 0.937. The minimum atomic E-state index is -0.626. The molecule has 1 fully saturated rings. The lowest BCUT2D eigenvalue weighted by atomic mass is 10.2. The van der Waals surface area contributed by atoms with E-state index in [2.05, 4.69) is 10.2 Å². The lowest BCUT2D eigenvalue weighted by Crippen LogP contribution is -2.52. The normalized spacial score (nSPS) is 16.8. The Balaban J connectivity index is 1.40. The fourth-order valence-electron chi connectivity index (χ4n) is 2.83. The second-order valence-electron chi connectivity index (χ2n) is 5.96. The Morgan fingerprint density at radius 3 is 2.54 bits per heavy atom. The number of aliphatic hydroxyl groups is 1. The standard InChI is InChI=1S/C18H23N3O3/c22-16(17-7-4-12-24-17)14-20-8-10-21(11-9-20)18(23)19-13-15-5-2-1-3-6-15/h1-7,12,16,22H,8-11,13-14H2,(H,19,23)/t16-/m1/s1. The minimum Gasteiger partial charge on any atom is -0.467 e. The van der Waals surface area contributed by atoms with E-state index in [4.69, 9.17) is 4.42 Å². The third-order valence-electron chi connectivity index (χ3n) is 4.25. The summed E-state index contributed by atoms with van der Waals surface area (Å²) in [5, 5.41) is 13.1. The molecule has 0 spiro atoms. The molecule has 6 nitrogen and oxygen atoms in total. The molecule has 0 bridgehead atoms. The maximum absolute atomic E-state index is 12.2. The van der Waals surface area contributed by atoms with E-state index < -0.39 is 6.10 Å². The summed E-state index contributed by atoms with van der Waals surface area (Å²) in [7, 11) is 0. The van der Waals surface area contributed by atoms with Gasteiger partial charge in [0.1, 0.15) is 11.9 Å². The van der Waals surface area contributed by atoms with Gasteiger partial charge in [-0.05, 0) is 17.7 Å². The highest BCUT2D eigenvalue weighted by Gasteiger charge is 2.23. The molecule has 1 atom stereocenters. The van der Waals surface area contributed by atoms with Gasteiger partial charge in [-0.15, -0.1) is 0 Å². The number of rotatable bonds is 5. The molecule has 0 aliphatic carbocycles. The second kappa shape index (κ2) is 7.99. The maximum atomic E-state index is 12.2. The third kappa shape index (κ3) is 4.37. The van der Waals surface area contributed by atoms with Crippen molar-refractivity contribution in [3.05, 3.63) is 60.1 Å². The van der Waals surface area contributed by atoms with Crippen molar-refractivity contribution in [2.75, 3.05) is 32.7 Å². The smallest absolute Gasteiger partial charge is 0.317 e. The quantitative estimate of drug-likeness (QED) is 0.878. The molecule has 0 unspecified atom stereocenters. The number of aliphatic hydroxyl groups excluding tert-OH is 1. The topological polar surface area (TPSA) is 69.0 Å². The fourth-order valence-corrected chi connectivity index (χ4v) is 2.83. The number of hydrogen-bond donors (Lipinski definition) is 2. The van der Waals surface area contributed by atoms with Gasteiger partial charge in [0.25, 0.3) is 0 Å². The Kier molecular flexibility index (Phi) is 5.51. The summed E-state index contributed by atoms with van der Waals surface area (Å²) in [6.45, 7) is 3.87. The average molecular weight is 329 g/mol. The zero-order chi connectivity index (χ0) is 16.8. The highest BCUT2D eigenvalue weighted by Crippen LogP contribution is 2.15. The van der Waals surface area contributed by atoms with Crippen LogP contribution in [0, 0.1) is 0 Å². The zero-order valence-corrected chi connectivity index (χ0v) is 13.6. The average Bonchev–Trinajstić information content (AvgIpc) is 3.16. The molecule has 3 rings (SSSR count). The number of β-amino-alcohol motifs (C(OH)–C–C–N with tert-alkyl or cyclic N) is 1. The summed E-state index contributed by atoms with van der Waals surface area (Å²) >= 11 is 0. The van der Waals surface area contributed by atoms with Crippen LogP contribution in [0.4, 0.5) is 4.79 Å². The van der Waals surface area contributed by atoms with Crippen molar-refractivity contribution in [3.8, 4) is 0 Å². The summed E-state index contributed by atoms with van der Waals surface area (Å²) in [6, 6.07) is 13.4. The molecule has 2 amide bonds. The molecule has 6 heteroatoms. The van der Waals surface area contributed by atoms with Gasteiger partial charge in [0.15, 0.2) is 0 Å². The van der Waals surface area contributed by atoms with E-state index in [-0.39, 0.29) is 6.03 Å². The summed E-state index contributed by atoms with van der Waals surface area (Å²) in [5.41, 5.74) is 1.09. The van der Waals surface area contributed by atoms with Gasteiger partial charge >= 0.3 is 6.03 Å². The number of hydrogen-bond acceptors (Lipinski definition) is 4. The molecule has 24 heavy (non-hydrogen) atoms. The van der Waals surface area contributed by atoms with Crippen LogP contribution in [-0.2, 0) is 6.54 Å². The van der Waals surface area contributed by atoms with Gasteiger partial charge in [-0.3, -0.25) is 4.90 Å². The van der Waals surface area contributed by atoms with Crippen LogP contribution in [0.2, 0.25) is 0 Å². The van der Waals surface area contributed by atoms with Crippen LogP contribution in [0.15, 0.2) is 53.1 Å². The van der Waals surface area contributed by atoms with Gasteiger partial charge in [0.05, 0.1) is 6.26 Å².